The van der Waals surface area contributed by atoms with E-state index in [9.17, 15) is 4.79 Å². The molecule has 0 bridgehead atoms. The van der Waals surface area contributed by atoms with Crippen molar-refractivity contribution < 1.29 is 4.79 Å². The Balaban J connectivity index is 2.47. The third kappa shape index (κ3) is 0.428. The number of hydrogen-bond acceptors (Lipinski definition) is 1. The van der Waals surface area contributed by atoms with Crippen molar-refractivity contribution in [3.8, 4) is 0 Å². The number of carbonyl (C=O) groups is 1. The normalized spacial score (nSPS) is 34.6. The molecule has 0 heterocycles. The largest absolute Gasteiger partial charge is 0.298 e. The van der Waals surface area contributed by atoms with Gasteiger partial charge in [0.1, 0.15) is 0 Å². The van der Waals surface area contributed by atoms with Crippen LogP contribution in [0.1, 0.15) is 6.42 Å². The molecule has 1 aliphatic rings. The summed E-state index contributed by atoms with van der Waals surface area (Å²) >= 11 is 5.19. The van der Waals surface area contributed by atoms with Crippen molar-refractivity contribution >= 4 is 17.4 Å². The van der Waals surface area contributed by atoms with Gasteiger partial charge in [-0.3, -0.25) is 4.79 Å². The maximum atomic E-state index is 9.75. The summed E-state index contributed by atoms with van der Waals surface area (Å²) in [6.07, 6.45) is 0.599. The fourth-order valence-electron chi connectivity index (χ4n) is 0.118. The predicted octanol–water partition coefficient (Wildman–Crippen LogP) is 0.567. The molecule has 2 heteroatoms. The molecule has 1 saturated carbocycles. The molecular formula is C3H3ClO. The molecule has 0 radical (unpaired) electrons. The first-order valence-electron chi connectivity index (χ1n) is 1.47. The van der Waals surface area contributed by atoms with Crippen molar-refractivity contribution in [2.45, 2.75) is 11.8 Å². The van der Waals surface area contributed by atoms with Crippen LogP contribution in [0, 0.1) is 0 Å². The van der Waals surface area contributed by atoms with Gasteiger partial charge in [-0.05, 0) is 0 Å². The third-order valence-corrected chi connectivity index (χ3v) is 0.967. The number of ketones is 1. The Labute approximate surface area is 34.9 Å². The van der Waals surface area contributed by atoms with Gasteiger partial charge in [0.2, 0.25) is 0 Å². The van der Waals surface area contributed by atoms with Gasteiger partial charge in [0, 0.05) is 6.42 Å². The second-order valence-corrected chi connectivity index (χ2v) is 1.66. The van der Waals surface area contributed by atoms with Crippen molar-refractivity contribution in [2.24, 2.45) is 0 Å². The third-order valence-electron chi connectivity index (χ3n) is 0.570. The van der Waals surface area contributed by atoms with E-state index in [0.29, 0.717) is 6.42 Å². The molecule has 1 aliphatic carbocycles. The summed E-state index contributed by atoms with van der Waals surface area (Å²) in [7, 11) is 0. The van der Waals surface area contributed by atoms with Gasteiger partial charge < -0.3 is 0 Å². The number of rotatable bonds is 0. The average molecular weight is 90.5 g/mol. The maximum absolute atomic E-state index is 9.75. The van der Waals surface area contributed by atoms with Crippen molar-refractivity contribution in [1.29, 1.82) is 0 Å². The molecular weight excluding hydrogens is 87.5 g/mol. The number of alkyl halides is 1. The predicted molar refractivity (Wildman–Crippen MR) is 19.3 cm³/mol. The lowest BCUT2D eigenvalue weighted by atomic mass is 10.9. The summed E-state index contributed by atoms with van der Waals surface area (Å²) in [5.41, 5.74) is 0. The zero-order valence-corrected chi connectivity index (χ0v) is 3.33. The van der Waals surface area contributed by atoms with Crippen molar-refractivity contribution in [2.75, 3.05) is 0 Å². The average Bonchev–Trinajstić information content (AvgIpc) is 1.79. The van der Waals surface area contributed by atoms with Crippen LogP contribution in [0.4, 0.5) is 0 Å². The second kappa shape index (κ2) is 0.716. The molecule has 1 unspecified atom stereocenters. The van der Waals surface area contributed by atoms with Crippen LogP contribution < -0.4 is 0 Å². The Morgan fingerprint density at radius 3 is 2.20 bits per heavy atom. The van der Waals surface area contributed by atoms with Crippen LogP contribution in [0.3, 0.4) is 0 Å². The molecule has 0 aromatic carbocycles. The lowest BCUT2D eigenvalue weighted by Gasteiger charge is -1.49. The number of hydrogen-bond donors (Lipinski definition) is 0. The number of halogens is 1. The first-order chi connectivity index (χ1) is 2.30. The van der Waals surface area contributed by atoms with E-state index in [0.717, 1.165) is 0 Å². The lowest BCUT2D eigenvalue weighted by Crippen LogP contribution is -1.63. The topological polar surface area (TPSA) is 17.1 Å². The fourth-order valence-corrected chi connectivity index (χ4v) is 0.270. The maximum Gasteiger partial charge on any atom is 0.153 e. The summed E-state index contributed by atoms with van der Waals surface area (Å²) in [6.45, 7) is 0. The van der Waals surface area contributed by atoms with Crippen LogP contribution >= 0.6 is 11.6 Å². The minimum atomic E-state index is -0.116. The molecule has 1 nitrogen and oxygen atoms in total. The van der Waals surface area contributed by atoms with Crippen LogP contribution in [-0.2, 0) is 4.79 Å². The van der Waals surface area contributed by atoms with Crippen molar-refractivity contribution in [3.05, 3.63) is 0 Å². The summed E-state index contributed by atoms with van der Waals surface area (Å²) in [5, 5.41) is -0.116. The van der Waals surface area contributed by atoms with Crippen LogP contribution in [-0.4, -0.2) is 11.2 Å². The molecule has 28 valence electrons. The zero-order chi connectivity index (χ0) is 3.86. The van der Waals surface area contributed by atoms with E-state index in [1.54, 1.807) is 0 Å². The quantitative estimate of drug-likeness (QED) is 0.398. The number of carbonyl (C=O) groups excluding carboxylic acids is 1. The van der Waals surface area contributed by atoms with E-state index in [2.05, 4.69) is 0 Å². The first-order valence-corrected chi connectivity index (χ1v) is 1.91. The van der Waals surface area contributed by atoms with Crippen LogP contribution in [0.25, 0.3) is 0 Å². The molecule has 0 amide bonds. The Hall–Kier alpha value is -0.0400. The second-order valence-electron chi connectivity index (χ2n) is 1.14. The summed E-state index contributed by atoms with van der Waals surface area (Å²) in [6, 6.07) is 0. The molecule has 0 aromatic rings. The first kappa shape index (κ1) is 3.16. The smallest absolute Gasteiger partial charge is 0.153 e. The highest BCUT2D eigenvalue weighted by Crippen LogP contribution is 2.20. The molecule has 0 aliphatic heterocycles. The molecule has 5 heavy (non-hydrogen) atoms. The van der Waals surface area contributed by atoms with Gasteiger partial charge >= 0.3 is 0 Å². The summed E-state index contributed by atoms with van der Waals surface area (Å²) in [4.78, 5) is 9.75. The van der Waals surface area contributed by atoms with Gasteiger partial charge in [0.15, 0.2) is 5.78 Å². The highest BCUT2D eigenvalue weighted by atomic mass is 35.5. The standard InChI is InChI=1S/C3H3ClO/c4-2-1-3(2)5/h2H,1H2. The molecule has 0 N–H and O–H groups in total. The van der Waals surface area contributed by atoms with Gasteiger partial charge in [-0.25, -0.2) is 0 Å². The fraction of sp³-hybridized carbons (Fsp3) is 0.667. The van der Waals surface area contributed by atoms with Crippen LogP contribution in [0.5, 0.6) is 0 Å². The van der Waals surface area contributed by atoms with Gasteiger partial charge in [-0.15, -0.1) is 11.6 Å². The molecule has 1 fully saturated rings. The molecule has 0 saturated heterocycles. The SMILES string of the molecule is O=C1CC1Cl. The van der Waals surface area contributed by atoms with E-state index < -0.39 is 0 Å². The highest BCUT2D eigenvalue weighted by molar-refractivity contribution is 6.39. The Morgan fingerprint density at radius 1 is 2.00 bits per heavy atom. The monoisotopic (exact) mass is 90.0 g/mol. The highest BCUT2D eigenvalue weighted by Gasteiger charge is 2.31. The van der Waals surface area contributed by atoms with Crippen molar-refractivity contribution in [3.63, 3.8) is 0 Å². The van der Waals surface area contributed by atoms with Gasteiger partial charge in [0.05, 0.1) is 5.38 Å². The lowest BCUT2D eigenvalue weighted by molar-refractivity contribution is -0.109. The molecule has 0 aromatic heterocycles. The molecule has 0 spiro atoms. The van der Waals surface area contributed by atoms with E-state index >= 15 is 0 Å². The van der Waals surface area contributed by atoms with Crippen LogP contribution in [0.2, 0.25) is 0 Å². The van der Waals surface area contributed by atoms with E-state index in [4.69, 9.17) is 11.6 Å². The minimum Gasteiger partial charge on any atom is -0.298 e. The molecule has 1 atom stereocenters. The molecule has 1 rings (SSSR count). The van der Waals surface area contributed by atoms with Gasteiger partial charge in [-0.2, -0.15) is 0 Å². The van der Waals surface area contributed by atoms with Gasteiger partial charge in [0.25, 0.3) is 0 Å². The van der Waals surface area contributed by atoms with E-state index in [-0.39, 0.29) is 11.2 Å². The number of Topliss-reactive ketones (excluding diaryl/α,β-unsaturated/α-hetero) is 1. The van der Waals surface area contributed by atoms with Crippen LogP contribution in [0.15, 0.2) is 0 Å². The minimum absolute atomic E-state index is 0.116. The summed E-state index contributed by atoms with van der Waals surface area (Å²) in [5.74, 6) is 0.187. The summed E-state index contributed by atoms with van der Waals surface area (Å²) < 4.78 is 0. The van der Waals surface area contributed by atoms with Gasteiger partial charge in [-0.1, -0.05) is 0 Å². The Morgan fingerprint density at radius 2 is 2.20 bits per heavy atom. The Bertz CT molecular complexity index is 69.3. The zero-order valence-electron chi connectivity index (χ0n) is 2.57. The van der Waals surface area contributed by atoms with E-state index in [1.807, 2.05) is 0 Å². The Kier molecular flexibility index (Phi) is 0.453. The van der Waals surface area contributed by atoms with Crippen molar-refractivity contribution in [1.82, 2.24) is 0 Å². The van der Waals surface area contributed by atoms with E-state index in [1.165, 1.54) is 0 Å².